The molecular weight excluding hydrogens is 228 g/mol. The number of nitrogens with two attached hydrogens (primary N) is 1. The fourth-order valence-electron chi connectivity index (χ4n) is 1.14. The molecule has 0 radical (unpaired) electrons. The highest BCUT2D eigenvalue weighted by atomic mass is 16.6. The van der Waals surface area contributed by atoms with E-state index >= 15 is 0 Å². The standard InChI is InChI=1S/C9H8N4O4/c10-9-11-4-7(13(14)15)8(12-9)17-5-6-2-1-3-16-6/h1-4H,5H2,(H2,10,11,12). The van der Waals surface area contributed by atoms with Crippen LogP contribution in [-0.4, -0.2) is 14.9 Å². The van der Waals surface area contributed by atoms with E-state index in [1.807, 2.05) is 0 Å². The molecule has 0 aromatic carbocycles. The summed E-state index contributed by atoms with van der Waals surface area (Å²) in [7, 11) is 0. The lowest BCUT2D eigenvalue weighted by atomic mass is 10.5. The largest absolute Gasteiger partial charge is 0.466 e. The number of hydrogen-bond acceptors (Lipinski definition) is 7. The van der Waals surface area contributed by atoms with Gasteiger partial charge in [-0.2, -0.15) is 4.98 Å². The van der Waals surface area contributed by atoms with Gasteiger partial charge in [0.05, 0.1) is 11.2 Å². The number of nitro groups is 1. The van der Waals surface area contributed by atoms with Crippen LogP contribution in [0.15, 0.2) is 29.0 Å². The van der Waals surface area contributed by atoms with Crippen LogP contribution in [-0.2, 0) is 6.61 Å². The van der Waals surface area contributed by atoms with Crippen LogP contribution in [0.3, 0.4) is 0 Å². The van der Waals surface area contributed by atoms with Gasteiger partial charge in [-0.3, -0.25) is 10.1 Å². The average molecular weight is 236 g/mol. The summed E-state index contributed by atoms with van der Waals surface area (Å²) in [6, 6.07) is 3.36. The zero-order valence-electron chi connectivity index (χ0n) is 8.57. The fourth-order valence-corrected chi connectivity index (χ4v) is 1.14. The predicted molar refractivity (Wildman–Crippen MR) is 56.1 cm³/mol. The van der Waals surface area contributed by atoms with Gasteiger partial charge in [-0.15, -0.1) is 0 Å². The Kier molecular flexibility index (Phi) is 2.86. The van der Waals surface area contributed by atoms with Gasteiger partial charge in [0, 0.05) is 0 Å². The maximum absolute atomic E-state index is 10.7. The summed E-state index contributed by atoms with van der Waals surface area (Å²) >= 11 is 0. The maximum Gasteiger partial charge on any atom is 0.349 e. The molecule has 2 aromatic heterocycles. The van der Waals surface area contributed by atoms with Crippen LogP contribution < -0.4 is 10.5 Å². The second kappa shape index (κ2) is 4.47. The van der Waals surface area contributed by atoms with Crippen LogP contribution in [0.25, 0.3) is 0 Å². The van der Waals surface area contributed by atoms with E-state index in [4.69, 9.17) is 14.9 Å². The summed E-state index contributed by atoms with van der Waals surface area (Å²) in [5, 5.41) is 10.7. The van der Waals surface area contributed by atoms with Gasteiger partial charge in [0.15, 0.2) is 0 Å². The molecule has 2 N–H and O–H groups in total. The minimum Gasteiger partial charge on any atom is -0.466 e. The molecule has 0 atom stereocenters. The fraction of sp³-hybridized carbons (Fsp3) is 0.111. The predicted octanol–water partition coefficient (Wildman–Crippen LogP) is 1.14. The van der Waals surface area contributed by atoms with Crippen LogP contribution in [0.4, 0.5) is 11.6 Å². The molecule has 2 aromatic rings. The first-order valence-electron chi connectivity index (χ1n) is 4.59. The van der Waals surface area contributed by atoms with Crippen molar-refractivity contribution in [3.8, 4) is 5.88 Å². The average Bonchev–Trinajstić information content (AvgIpc) is 2.78. The van der Waals surface area contributed by atoms with Gasteiger partial charge in [0.1, 0.15) is 18.6 Å². The van der Waals surface area contributed by atoms with Crippen LogP contribution >= 0.6 is 0 Å². The van der Waals surface area contributed by atoms with Crippen molar-refractivity contribution < 1.29 is 14.1 Å². The molecule has 0 amide bonds. The van der Waals surface area contributed by atoms with E-state index in [-0.39, 0.29) is 24.1 Å². The Balaban J connectivity index is 2.19. The Hall–Kier alpha value is -2.64. The second-order valence-electron chi connectivity index (χ2n) is 3.04. The lowest BCUT2D eigenvalue weighted by Gasteiger charge is -2.03. The van der Waals surface area contributed by atoms with Crippen molar-refractivity contribution in [1.29, 1.82) is 0 Å². The Morgan fingerprint density at radius 1 is 1.59 bits per heavy atom. The number of rotatable bonds is 4. The minimum absolute atomic E-state index is 0.0320. The second-order valence-corrected chi connectivity index (χ2v) is 3.04. The Morgan fingerprint density at radius 2 is 2.41 bits per heavy atom. The lowest BCUT2D eigenvalue weighted by Crippen LogP contribution is -2.04. The van der Waals surface area contributed by atoms with E-state index in [1.165, 1.54) is 6.26 Å². The number of nitrogen functional groups attached to an aromatic ring is 1. The summed E-state index contributed by atoms with van der Waals surface area (Å²) in [4.78, 5) is 17.2. The zero-order chi connectivity index (χ0) is 12.3. The number of ether oxygens (including phenoxy) is 1. The number of aromatic nitrogens is 2. The Labute approximate surface area is 95.2 Å². The van der Waals surface area contributed by atoms with E-state index < -0.39 is 4.92 Å². The minimum atomic E-state index is -0.642. The lowest BCUT2D eigenvalue weighted by molar-refractivity contribution is -0.386. The van der Waals surface area contributed by atoms with Gasteiger partial charge < -0.3 is 14.9 Å². The molecule has 0 saturated carbocycles. The molecule has 0 saturated heterocycles. The van der Waals surface area contributed by atoms with Gasteiger partial charge in [-0.25, -0.2) is 4.98 Å². The molecule has 0 spiro atoms. The van der Waals surface area contributed by atoms with Crippen LogP contribution in [0, 0.1) is 10.1 Å². The Morgan fingerprint density at radius 3 is 3.06 bits per heavy atom. The molecule has 17 heavy (non-hydrogen) atoms. The van der Waals surface area contributed by atoms with Crippen molar-refractivity contribution in [2.24, 2.45) is 0 Å². The van der Waals surface area contributed by atoms with Gasteiger partial charge >= 0.3 is 5.69 Å². The first kappa shape index (κ1) is 10.9. The quantitative estimate of drug-likeness (QED) is 0.624. The van der Waals surface area contributed by atoms with Crippen molar-refractivity contribution in [3.05, 3.63) is 40.5 Å². The molecule has 0 unspecified atom stereocenters. The Bertz CT molecular complexity index is 526. The molecule has 0 bridgehead atoms. The van der Waals surface area contributed by atoms with E-state index in [2.05, 4.69) is 9.97 Å². The zero-order valence-corrected chi connectivity index (χ0v) is 8.57. The number of hydrogen-bond donors (Lipinski definition) is 1. The number of furan rings is 1. The van der Waals surface area contributed by atoms with E-state index in [0.717, 1.165) is 6.20 Å². The highest BCUT2D eigenvalue weighted by molar-refractivity contribution is 5.41. The van der Waals surface area contributed by atoms with Gasteiger partial charge in [0.25, 0.3) is 5.88 Å². The summed E-state index contributed by atoms with van der Waals surface area (Å²) in [6.45, 7) is 0.0320. The molecule has 0 fully saturated rings. The summed E-state index contributed by atoms with van der Waals surface area (Å²) < 4.78 is 10.2. The van der Waals surface area contributed by atoms with Crippen LogP contribution in [0.1, 0.15) is 5.76 Å². The van der Waals surface area contributed by atoms with Gasteiger partial charge in [-0.1, -0.05) is 0 Å². The molecule has 8 heteroatoms. The first-order valence-corrected chi connectivity index (χ1v) is 4.59. The third-order valence-corrected chi connectivity index (χ3v) is 1.88. The molecule has 2 heterocycles. The molecular formula is C9H8N4O4. The monoisotopic (exact) mass is 236 g/mol. The number of nitrogens with zero attached hydrogens (tertiary/aromatic N) is 3. The highest BCUT2D eigenvalue weighted by Crippen LogP contribution is 2.24. The third-order valence-electron chi connectivity index (χ3n) is 1.88. The van der Waals surface area contributed by atoms with Crippen molar-refractivity contribution in [3.63, 3.8) is 0 Å². The maximum atomic E-state index is 10.7. The molecule has 88 valence electrons. The molecule has 0 aliphatic carbocycles. The van der Waals surface area contributed by atoms with E-state index in [9.17, 15) is 10.1 Å². The van der Waals surface area contributed by atoms with E-state index in [0.29, 0.717) is 5.76 Å². The topological polar surface area (TPSA) is 117 Å². The van der Waals surface area contributed by atoms with Gasteiger partial charge in [-0.05, 0) is 12.1 Å². The van der Waals surface area contributed by atoms with Gasteiger partial charge in [0.2, 0.25) is 5.95 Å². The highest BCUT2D eigenvalue weighted by Gasteiger charge is 2.18. The molecule has 8 nitrogen and oxygen atoms in total. The van der Waals surface area contributed by atoms with Crippen molar-refractivity contribution >= 4 is 11.6 Å². The summed E-state index contributed by atoms with van der Waals surface area (Å²) in [5.74, 6) is 0.250. The van der Waals surface area contributed by atoms with Crippen LogP contribution in [0.5, 0.6) is 5.88 Å². The van der Waals surface area contributed by atoms with Crippen LogP contribution in [0.2, 0.25) is 0 Å². The molecule has 0 aliphatic heterocycles. The normalized spacial score (nSPS) is 10.1. The SMILES string of the molecule is Nc1ncc([N+](=O)[O-])c(OCc2ccco2)n1. The molecule has 0 aliphatic rings. The third kappa shape index (κ3) is 2.48. The van der Waals surface area contributed by atoms with Crippen molar-refractivity contribution in [2.45, 2.75) is 6.61 Å². The summed E-state index contributed by atoms with van der Waals surface area (Å²) in [5.41, 5.74) is 4.99. The first-order chi connectivity index (χ1) is 8.16. The number of anilines is 1. The summed E-state index contributed by atoms with van der Waals surface area (Å²) in [6.07, 6.45) is 2.47. The smallest absolute Gasteiger partial charge is 0.349 e. The van der Waals surface area contributed by atoms with E-state index in [1.54, 1.807) is 12.1 Å². The van der Waals surface area contributed by atoms with Crippen molar-refractivity contribution in [2.75, 3.05) is 5.73 Å². The van der Waals surface area contributed by atoms with Crippen molar-refractivity contribution in [1.82, 2.24) is 9.97 Å². The molecule has 2 rings (SSSR count).